The van der Waals surface area contributed by atoms with E-state index in [9.17, 15) is 5.11 Å². The first-order valence-electron chi connectivity index (χ1n) is 7.21. The first kappa shape index (κ1) is 13.8. The fraction of sp³-hybridized carbons (Fsp3) is 0.158. The van der Waals surface area contributed by atoms with Crippen LogP contribution in [0.3, 0.4) is 0 Å². The maximum atomic E-state index is 10.6. The molecule has 0 aliphatic rings. The van der Waals surface area contributed by atoms with E-state index in [4.69, 9.17) is 5.73 Å². The van der Waals surface area contributed by atoms with Crippen LogP contribution in [0.4, 0.5) is 0 Å². The lowest BCUT2D eigenvalue weighted by Gasteiger charge is -2.22. The molecule has 0 aliphatic carbocycles. The maximum absolute atomic E-state index is 10.6. The molecule has 2 heteroatoms. The molecule has 0 aliphatic heterocycles. The molecule has 0 amide bonds. The molecule has 0 saturated heterocycles. The first-order chi connectivity index (χ1) is 10.3. The third kappa shape index (κ3) is 2.82. The standard InChI is InChI=1S/C19H19NO/c20-13-18(19(21)15-7-2-1-3-8-15)17-11-10-14-6-4-5-9-16(14)12-17/h1-12,18-19,21H,13,20H2/t18-,19-/m1/s1. The van der Waals surface area contributed by atoms with Gasteiger partial charge >= 0.3 is 0 Å². The van der Waals surface area contributed by atoms with Gasteiger partial charge in [0, 0.05) is 12.5 Å². The summed E-state index contributed by atoms with van der Waals surface area (Å²) in [5.74, 6) is -0.1000. The quantitative estimate of drug-likeness (QED) is 0.765. The zero-order chi connectivity index (χ0) is 14.7. The molecule has 0 fully saturated rings. The highest BCUT2D eigenvalue weighted by Crippen LogP contribution is 2.31. The Bertz CT molecular complexity index is 724. The summed E-state index contributed by atoms with van der Waals surface area (Å²) < 4.78 is 0. The summed E-state index contributed by atoms with van der Waals surface area (Å²) >= 11 is 0. The van der Waals surface area contributed by atoms with Crippen LogP contribution < -0.4 is 5.73 Å². The maximum Gasteiger partial charge on any atom is 0.0870 e. The monoisotopic (exact) mass is 277 g/mol. The van der Waals surface area contributed by atoms with Crippen molar-refractivity contribution in [3.8, 4) is 0 Å². The van der Waals surface area contributed by atoms with Crippen LogP contribution in [0.2, 0.25) is 0 Å². The van der Waals surface area contributed by atoms with Crippen molar-refractivity contribution in [2.24, 2.45) is 5.73 Å². The molecule has 3 aromatic rings. The van der Waals surface area contributed by atoms with E-state index in [2.05, 4.69) is 30.3 Å². The van der Waals surface area contributed by atoms with Gasteiger partial charge in [-0.15, -0.1) is 0 Å². The van der Waals surface area contributed by atoms with Gasteiger partial charge in [0.2, 0.25) is 0 Å². The van der Waals surface area contributed by atoms with Crippen LogP contribution in [-0.4, -0.2) is 11.7 Å². The normalized spacial score (nSPS) is 14.0. The van der Waals surface area contributed by atoms with Crippen LogP contribution in [0.1, 0.15) is 23.1 Å². The van der Waals surface area contributed by atoms with E-state index in [1.807, 2.05) is 42.5 Å². The fourth-order valence-corrected chi connectivity index (χ4v) is 2.77. The van der Waals surface area contributed by atoms with E-state index in [1.165, 1.54) is 10.8 Å². The Morgan fingerprint density at radius 3 is 2.14 bits per heavy atom. The van der Waals surface area contributed by atoms with Gasteiger partial charge in [0.15, 0.2) is 0 Å². The summed E-state index contributed by atoms with van der Waals surface area (Å²) in [7, 11) is 0. The van der Waals surface area contributed by atoms with Crippen molar-refractivity contribution in [1.82, 2.24) is 0 Å². The minimum atomic E-state index is -0.586. The van der Waals surface area contributed by atoms with Crippen LogP contribution in [0.25, 0.3) is 10.8 Å². The highest BCUT2D eigenvalue weighted by molar-refractivity contribution is 5.83. The second kappa shape index (κ2) is 6.08. The number of aliphatic hydroxyl groups excluding tert-OH is 1. The number of nitrogens with two attached hydrogens (primary N) is 1. The number of hydrogen-bond acceptors (Lipinski definition) is 2. The predicted octanol–water partition coefficient (Wildman–Crippen LogP) is 3.62. The minimum Gasteiger partial charge on any atom is -0.388 e. The first-order valence-corrected chi connectivity index (χ1v) is 7.21. The highest BCUT2D eigenvalue weighted by atomic mass is 16.3. The van der Waals surface area contributed by atoms with Crippen molar-refractivity contribution in [3.63, 3.8) is 0 Å². The van der Waals surface area contributed by atoms with Crippen LogP contribution >= 0.6 is 0 Å². The smallest absolute Gasteiger partial charge is 0.0870 e. The average molecular weight is 277 g/mol. The van der Waals surface area contributed by atoms with Crippen molar-refractivity contribution >= 4 is 10.8 Å². The van der Waals surface area contributed by atoms with E-state index >= 15 is 0 Å². The van der Waals surface area contributed by atoms with Crippen LogP contribution in [0.5, 0.6) is 0 Å². The molecule has 3 aromatic carbocycles. The molecule has 0 aromatic heterocycles. The lowest BCUT2D eigenvalue weighted by atomic mass is 9.88. The number of rotatable bonds is 4. The number of benzene rings is 3. The average Bonchev–Trinajstić information content (AvgIpc) is 2.56. The van der Waals surface area contributed by atoms with Gasteiger partial charge in [-0.3, -0.25) is 0 Å². The summed E-state index contributed by atoms with van der Waals surface area (Å²) in [4.78, 5) is 0. The van der Waals surface area contributed by atoms with Gasteiger partial charge in [-0.05, 0) is 21.9 Å². The second-order valence-electron chi connectivity index (χ2n) is 5.30. The summed E-state index contributed by atoms with van der Waals surface area (Å²) in [6.45, 7) is 0.411. The van der Waals surface area contributed by atoms with Gasteiger partial charge in [0.1, 0.15) is 0 Å². The van der Waals surface area contributed by atoms with Gasteiger partial charge in [-0.1, -0.05) is 72.8 Å². The fourth-order valence-electron chi connectivity index (χ4n) is 2.77. The predicted molar refractivity (Wildman–Crippen MR) is 87.1 cm³/mol. The molecule has 2 atom stereocenters. The molecule has 0 heterocycles. The lowest BCUT2D eigenvalue weighted by Crippen LogP contribution is -2.20. The molecule has 3 rings (SSSR count). The Balaban J connectivity index is 1.98. The zero-order valence-corrected chi connectivity index (χ0v) is 11.8. The van der Waals surface area contributed by atoms with E-state index in [0.717, 1.165) is 11.1 Å². The molecule has 3 N–H and O–H groups in total. The van der Waals surface area contributed by atoms with Gasteiger partial charge in [-0.25, -0.2) is 0 Å². The van der Waals surface area contributed by atoms with Crippen LogP contribution in [0.15, 0.2) is 72.8 Å². The molecule has 0 unspecified atom stereocenters. The van der Waals surface area contributed by atoms with Crippen molar-refractivity contribution in [2.75, 3.05) is 6.54 Å². The van der Waals surface area contributed by atoms with E-state index < -0.39 is 6.10 Å². The Morgan fingerprint density at radius 2 is 1.43 bits per heavy atom. The Morgan fingerprint density at radius 1 is 0.762 bits per heavy atom. The van der Waals surface area contributed by atoms with E-state index in [0.29, 0.717) is 6.54 Å². The Labute approximate surface area is 124 Å². The number of aliphatic hydroxyl groups is 1. The molecule has 106 valence electrons. The van der Waals surface area contributed by atoms with Gasteiger partial charge in [0.25, 0.3) is 0 Å². The minimum absolute atomic E-state index is 0.1000. The molecule has 2 nitrogen and oxygen atoms in total. The van der Waals surface area contributed by atoms with Crippen LogP contribution in [-0.2, 0) is 0 Å². The van der Waals surface area contributed by atoms with Crippen LogP contribution in [0, 0.1) is 0 Å². The molecule has 0 saturated carbocycles. The topological polar surface area (TPSA) is 46.2 Å². The third-order valence-corrected chi connectivity index (χ3v) is 3.98. The molecule has 0 radical (unpaired) electrons. The number of hydrogen-bond donors (Lipinski definition) is 2. The summed E-state index contributed by atoms with van der Waals surface area (Å²) in [5, 5.41) is 13.0. The van der Waals surface area contributed by atoms with E-state index in [1.54, 1.807) is 0 Å². The van der Waals surface area contributed by atoms with Gasteiger partial charge in [0.05, 0.1) is 6.10 Å². The second-order valence-corrected chi connectivity index (χ2v) is 5.30. The summed E-state index contributed by atoms with van der Waals surface area (Å²) in [6.07, 6.45) is -0.586. The van der Waals surface area contributed by atoms with Crippen molar-refractivity contribution in [3.05, 3.63) is 83.9 Å². The van der Waals surface area contributed by atoms with Gasteiger partial charge in [-0.2, -0.15) is 0 Å². The van der Waals surface area contributed by atoms with Crippen molar-refractivity contribution in [1.29, 1.82) is 0 Å². The van der Waals surface area contributed by atoms with Gasteiger partial charge < -0.3 is 10.8 Å². The van der Waals surface area contributed by atoms with Crippen molar-refractivity contribution in [2.45, 2.75) is 12.0 Å². The zero-order valence-electron chi connectivity index (χ0n) is 11.8. The molecule has 0 spiro atoms. The van der Waals surface area contributed by atoms with Crippen molar-refractivity contribution < 1.29 is 5.11 Å². The third-order valence-electron chi connectivity index (χ3n) is 3.98. The Hall–Kier alpha value is -2.16. The summed E-state index contributed by atoms with van der Waals surface area (Å²) in [5.41, 5.74) is 7.91. The molecule has 21 heavy (non-hydrogen) atoms. The Kier molecular flexibility index (Phi) is 4.00. The SMILES string of the molecule is NC[C@H](c1ccc2ccccc2c1)[C@H](O)c1ccccc1. The van der Waals surface area contributed by atoms with E-state index in [-0.39, 0.29) is 5.92 Å². The molecular weight excluding hydrogens is 258 g/mol. The largest absolute Gasteiger partial charge is 0.388 e. The molecule has 0 bridgehead atoms. The summed E-state index contributed by atoms with van der Waals surface area (Å²) in [6, 6.07) is 24.2. The highest BCUT2D eigenvalue weighted by Gasteiger charge is 2.21. The molecular formula is C19H19NO. The number of fused-ring (bicyclic) bond motifs is 1. The lowest BCUT2D eigenvalue weighted by molar-refractivity contribution is 0.147.